The minimum absolute atomic E-state index is 0.199. The molecule has 0 radical (unpaired) electrons. The van der Waals surface area contributed by atoms with Crippen molar-refractivity contribution >= 4 is 5.78 Å². The van der Waals surface area contributed by atoms with E-state index in [1.165, 1.54) is 19.3 Å². The van der Waals surface area contributed by atoms with Gasteiger partial charge in [0.25, 0.3) is 0 Å². The van der Waals surface area contributed by atoms with Gasteiger partial charge in [0.05, 0.1) is 6.10 Å². The first-order valence-electron chi connectivity index (χ1n) is 6.58. The molecule has 3 rings (SSSR count). The molecule has 3 aliphatic rings. The fraction of sp³-hybridized carbons (Fsp3) is 0.929. The molecule has 0 aromatic rings. The van der Waals surface area contributed by atoms with Crippen molar-refractivity contribution in [2.45, 2.75) is 52.6 Å². The summed E-state index contributed by atoms with van der Waals surface area (Å²) in [5.74, 6) is 1.32. The van der Waals surface area contributed by atoms with Crippen LogP contribution in [0.25, 0.3) is 0 Å². The lowest BCUT2D eigenvalue weighted by Gasteiger charge is -2.65. The summed E-state index contributed by atoms with van der Waals surface area (Å²) in [6.45, 7) is 7.67. The van der Waals surface area contributed by atoms with Gasteiger partial charge < -0.3 is 4.74 Å². The summed E-state index contributed by atoms with van der Waals surface area (Å²) >= 11 is 0. The number of fused-ring (bicyclic) bond motifs is 4. The Hall–Kier alpha value is -0.370. The van der Waals surface area contributed by atoms with E-state index in [2.05, 4.69) is 20.8 Å². The number of Topliss-reactive ketones (excluding diaryl/α,β-unsaturated/α-hetero) is 1. The highest BCUT2D eigenvalue weighted by atomic mass is 16.5. The molecule has 0 spiro atoms. The average Bonchev–Trinajstić information content (AvgIpc) is 2.14. The molecule has 3 fully saturated rings. The molecule has 1 heterocycles. The van der Waals surface area contributed by atoms with E-state index in [0.29, 0.717) is 11.7 Å². The van der Waals surface area contributed by atoms with Crippen LogP contribution in [0.2, 0.25) is 0 Å². The third kappa shape index (κ3) is 1.25. The highest BCUT2D eigenvalue weighted by molar-refractivity contribution is 5.85. The van der Waals surface area contributed by atoms with Crippen molar-refractivity contribution < 1.29 is 9.53 Å². The van der Waals surface area contributed by atoms with E-state index in [9.17, 15) is 4.79 Å². The van der Waals surface area contributed by atoms with Gasteiger partial charge in [-0.05, 0) is 36.0 Å². The Labute approximate surface area is 97.7 Å². The van der Waals surface area contributed by atoms with Crippen LogP contribution in [-0.4, -0.2) is 18.5 Å². The molecular formula is C14H22O2. The molecule has 4 atom stereocenters. The summed E-state index contributed by atoms with van der Waals surface area (Å²) in [4.78, 5) is 12.3. The lowest BCUT2D eigenvalue weighted by molar-refractivity contribution is -0.235. The third-order valence-corrected chi connectivity index (χ3v) is 5.11. The number of hydrogen-bond acceptors (Lipinski definition) is 2. The van der Waals surface area contributed by atoms with Gasteiger partial charge in [0, 0.05) is 18.9 Å². The first-order chi connectivity index (χ1) is 7.44. The SMILES string of the molecule is CC1(C)CC(=O)C2C3OCCCC3C2(C)C1. The van der Waals surface area contributed by atoms with Crippen LogP contribution in [0.3, 0.4) is 0 Å². The first-order valence-corrected chi connectivity index (χ1v) is 6.58. The topological polar surface area (TPSA) is 26.3 Å². The van der Waals surface area contributed by atoms with Crippen molar-refractivity contribution in [2.75, 3.05) is 6.61 Å². The van der Waals surface area contributed by atoms with E-state index in [1.54, 1.807) is 0 Å². The highest BCUT2D eigenvalue weighted by Crippen LogP contribution is 2.64. The number of ketones is 1. The summed E-state index contributed by atoms with van der Waals surface area (Å²) in [5.41, 5.74) is 0.439. The van der Waals surface area contributed by atoms with Crippen LogP contribution >= 0.6 is 0 Å². The summed E-state index contributed by atoms with van der Waals surface area (Å²) in [7, 11) is 0. The number of hydrogen-bond donors (Lipinski definition) is 0. The lowest BCUT2D eigenvalue weighted by Crippen LogP contribution is -2.67. The maximum absolute atomic E-state index is 12.3. The molecule has 0 aromatic heterocycles. The van der Waals surface area contributed by atoms with Crippen LogP contribution in [0.5, 0.6) is 0 Å². The third-order valence-electron chi connectivity index (χ3n) is 5.11. The largest absolute Gasteiger partial charge is 0.377 e. The molecule has 90 valence electrons. The van der Waals surface area contributed by atoms with Crippen molar-refractivity contribution in [1.82, 2.24) is 0 Å². The summed E-state index contributed by atoms with van der Waals surface area (Å²) < 4.78 is 5.83. The zero-order valence-corrected chi connectivity index (χ0v) is 10.6. The van der Waals surface area contributed by atoms with Crippen LogP contribution in [0, 0.1) is 22.7 Å². The quantitative estimate of drug-likeness (QED) is 0.630. The second-order valence-electron chi connectivity index (χ2n) is 7.05. The van der Waals surface area contributed by atoms with Gasteiger partial charge >= 0.3 is 0 Å². The van der Waals surface area contributed by atoms with E-state index in [-0.39, 0.29) is 22.9 Å². The lowest BCUT2D eigenvalue weighted by atomic mass is 9.42. The van der Waals surface area contributed by atoms with Gasteiger partial charge in [0.2, 0.25) is 0 Å². The number of carbonyl (C=O) groups excluding carboxylic acids is 1. The molecular weight excluding hydrogens is 200 g/mol. The monoisotopic (exact) mass is 222 g/mol. The predicted octanol–water partition coefficient (Wildman–Crippen LogP) is 2.81. The molecule has 1 saturated heterocycles. The van der Waals surface area contributed by atoms with Crippen molar-refractivity contribution in [1.29, 1.82) is 0 Å². The van der Waals surface area contributed by atoms with Crippen LogP contribution in [0.1, 0.15) is 46.5 Å². The number of ether oxygens (including phenoxy) is 1. The molecule has 0 bridgehead atoms. The maximum Gasteiger partial charge on any atom is 0.139 e. The zero-order valence-electron chi connectivity index (χ0n) is 10.6. The molecule has 0 N–H and O–H groups in total. The Morgan fingerprint density at radius 3 is 2.81 bits per heavy atom. The van der Waals surface area contributed by atoms with Crippen LogP contribution < -0.4 is 0 Å². The summed E-state index contributed by atoms with van der Waals surface area (Å²) in [6.07, 6.45) is 4.65. The minimum atomic E-state index is 0.199. The smallest absolute Gasteiger partial charge is 0.139 e. The van der Waals surface area contributed by atoms with Gasteiger partial charge in [-0.2, -0.15) is 0 Å². The fourth-order valence-electron chi connectivity index (χ4n) is 4.79. The van der Waals surface area contributed by atoms with E-state index in [4.69, 9.17) is 4.74 Å². The normalized spacial score (nSPS) is 50.2. The zero-order chi connectivity index (χ0) is 11.6. The van der Waals surface area contributed by atoms with Crippen LogP contribution in [-0.2, 0) is 9.53 Å². The van der Waals surface area contributed by atoms with Crippen LogP contribution in [0.4, 0.5) is 0 Å². The molecule has 2 nitrogen and oxygen atoms in total. The van der Waals surface area contributed by atoms with Gasteiger partial charge in [0.15, 0.2) is 0 Å². The molecule has 2 saturated carbocycles. The van der Waals surface area contributed by atoms with Crippen molar-refractivity contribution in [3.8, 4) is 0 Å². The Bertz CT molecular complexity index is 334. The van der Waals surface area contributed by atoms with E-state index in [1.807, 2.05) is 0 Å². The van der Waals surface area contributed by atoms with Gasteiger partial charge in [0.1, 0.15) is 5.78 Å². The summed E-state index contributed by atoms with van der Waals surface area (Å²) in [6, 6.07) is 0. The molecule has 2 heteroatoms. The Morgan fingerprint density at radius 1 is 1.31 bits per heavy atom. The average molecular weight is 222 g/mol. The van der Waals surface area contributed by atoms with E-state index in [0.717, 1.165) is 13.0 Å². The van der Waals surface area contributed by atoms with Gasteiger partial charge in [-0.15, -0.1) is 0 Å². The predicted molar refractivity (Wildman–Crippen MR) is 62.1 cm³/mol. The van der Waals surface area contributed by atoms with Crippen molar-refractivity contribution in [3.05, 3.63) is 0 Å². The number of rotatable bonds is 0. The molecule has 1 aliphatic heterocycles. The molecule has 16 heavy (non-hydrogen) atoms. The Kier molecular flexibility index (Phi) is 2.08. The van der Waals surface area contributed by atoms with Crippen molar-refractivity contribution in [2.24, 2.45) is 22.7 Å². The van der Waals surface area contributed by atoms with E-state index >= 15 is 0 Å². The highest BCUT2D eigenvalue weighted by Gasteiger charge is 2.66. The molecule has 4 unspecified atom stereocenters. The Morgan fingerprint density at radius 2 is 2.06 bits per heavy atom. The van der Waals surface area contributed by atoms with E-state index < -0.39 is 0 Å². The Balaban J connectivity index is 1.91. The van der Waals surface area contributed by atoms with Gasteiger partial charge in [-0.3, -0.25) is 4.79 Å². The maximum atomic E-state index is 12.3. The van der Waals surface area contributed by atoms with Gasteiger partial charge in [-0.1, -0.05) is 20.8 Å². The minimum Gasteiger partial charge on any atom is -0.377 e. The second-order valence-corrected chi connectivity index (χ2v) is 7.05. The summed E-state index contributed by atoms with van der Waals surface area (Å²) in [5, 5.41) is 0. The van der Waals surface area contributed by atoms with Crippen LogP contribution in [0.15, 0.2) is 0 Å². The molecule has 2 aliphatic carbocycles. The van der Waals surface area contributed by atoms with Gasteiger partial charge in [-0.25, -0.2) is 0 Å². The number of carbonyl (C=O) groups is 1. The standard InChI is InChI=1S/C14H22O2/c1-13(2)7-10(15)11-12-9(5-4-6-16-12)14(11,3)8-13/h9,11-12H,4-8H2,1-3H3. The second kappa shape index (κ2) is 3.10. The van der Waals surface area contributed by atoms with Crippen molar-refractivity contribution in [3.63, 3.8) is 0 Å². The first kappa shape index (κ1) is 10.8. The fourth-order valence-corrected chi connectivity index (χ4v) is 4.79. The molecule has 0 aromatic carbocycles. The molecule has 0 amide bonds.